The van der Waals surface area contributed by atoms with E-state index in [9.17, 15) is 9.59 Å². The lowest BCUT2D eigenvalue weighted by atomic mass is 10.2. The minimum Gasteiger partial charge on any atom is -0.478 e. The van der Waals surface area contributed by atoms with Gasteiger partial charge in [0.05, 0.1) is 5.56 Å². The second-order valence-electron chi connectivity index (χ2n) is 2.56. The average Bonchev–Trinajstić information content (AvgIpc) is 2.20. The van der Waals surface area contributed by atoms with Gasteiger partial charge in [0.1, 0.15) is 0 Å². The highest BCUT2D eigenvalue weighted by molar-refractivity contribution is 5.91. The molecule has 15 heavy (non-hydrogen) atoms. The van der Waals surface area contributed by atoms with E-state index in [1.165, 1.54) is 19.1 Å². The summed E-state index contributed by atoms with van der Waals surface area (Å²) in [4.78, 5) is 21.1. The average molecular weight is 209 g/mol. The van der Waals surface area contributed by atoms with E-state index < -0.39 is 5.97 Å². The number of aromatic carboxylic acids is 1. The maximum absolute atomic E-state index is 10.6. The Kier molecular flexibility index (Phi) is 5.78. The van der Waals surface area contributed by atoms with E-state index in [4.69, 9.17) is 5.11 Å². The standard InChI is InChI=1S/C9H9NO3.C2H6/c1-6(11)10-8-4-2-7(3-5-8)9(12)13;1-2/h2-5H,1H3,(H,10,11)(H,12,13);1-2H3. The van der Waals surface area contributed by atoms with Crippen LogP contribution in [0.4, 0.5) is 5.69 Å². The van der Waals surface area contributed by atoms with Crippen molar-refractivity contribution in [2.45, 2.75) is 20.8 Å². The third-order valence-electron chi connectivity index (χ3n) is 1.45. The van der Waals surface area contributed by atoms with E-state index in [2.05, 4.69) is 5.32 Å². The molecule has 0 aromatic heterocycles. The fourth-order valence-corrected chi connectivity index (χ4v) is 0.899. The van der Waals surface area contributed by atoms with Crippen molar-refractivity contribution in [2.24, 2.45) is 0 Å². The highest BCUT2D eigenvalue weighted by Crippen LogP contribution is 2.08. The zero-order valence-electron chi connectivity index (χ0n) is 9.07. The molecule has 1 aromatic rings. The van der Waals surface area contributed by atoms with Crippen molar-refractivity contribution in [1.82, 2.24) is 0 Å². The van der Waals surface area contributed by atoms with Gasteiger partial charge in [-0.15, -0.1) is 0 Å². The molecule has 0 unspecified atom stereocenters. The Morgan fingerprint density at radius 3 is 1.93 bits per heavy atom. The van der Waals surface area contributed by atoms with Crippen LogP contribution < -0.4 is 5.32 Å². The first-order chi connectivity index (χ1) is 7.09. The van der Waals surface area contributed by atoms with Gasteiger partial charge in [0.25, 0.3) is 0 Å². The van der Waals surface area contributed by atoms with Gasteiger partial charge in [0.15, 0.2) is 0 Å². The number of carbonyl (C=O) groups excluding carboxylic acids is 1. The molecule has 0 heterocycles. The van der Waals surface area contributed by atoms with E-state index in [0.717, 1.165) is 0 Å². The molecule has 4 heteroatoms. The van der Waals surface area contributed by atoms with Gasteiger partial charge in [-0.2, -0.15) is 0 Å². The van der Waals surface area contributed by atoms with Crippen LogP contribution in [0.3, 0.4) is 0 Å². The number of rotatable bonds is 2. The number of benzene rings is 1. The predicted molar refractivity (Wildman–Crippen MR) is 59.1 cm³/mol. The molecule has 0 aliphatic carbocycles. The summed E-state index contributed by atoms with van der Waals surface area (Å²) in [5, 5.41) is 11.1. The van der Waals surface area contributed by atoms with Crippen molar-refractivity contribution < 1.29 is 14.7 Å². The smallest absolute Gasteiger partial charge is 0.335 e. The maximum Gasteiger partial charge on any atom is 0.335 e. The van der Waals surface area contributed by atoms with Gasteiger partial charge in [-0.3, -0.25) is 4.79 Å². The van der Waals surface area contributed by atoms with Crippen molar-refractivity contribution in [2.75, 3.05) is 5.32 Å². The molecule has 0 aliphatic heterocycles. The van der Waals surface area contributed by atoms with E-state index in [1.54, 1.807) is 12.1 Å². The Morgan fingerprint density at radius 2 is 1.60 bits per heavy atom. The van der Waals surface area contributed by atoms with E-state index in [1.807, 2.05) is 13.8 Å². The maximum atomic E-state index is 10.6. The van der Waals surface area contributed by atoms with Crippen LogP contribution in [0.5, 0.6) is 0 Å². The first kappa shape index (κ1) is 13.2. The zero-order chi connectivity index (χ0) is 11.8. The number of nitrogens with one attached hydrogen (secondary N) is 1. The molecule has 0 saturated carbocycles. The molecule has 0 saturated heterocycles. The Balaban J connectivity index is 0.000000921. The quantitative estimate of drug-likeness (QED) is 0.785. The minimum absolute atomic E-state index is 0.178. The first-order valence-electron chi connectivity index (χ1n) is 4.70. The molecule has 4 nitrogen and oxygen atoms in total. The summed E-state index contributed by atoms with van der Waals surface area (Å²) in [7, 11) is 0. The van der Waals surface area contributed by atoms with E-state index >= 15 is 0 Å². The first-order valence-corrected chi connectivity index (χ1v) is 4.70. The van der Waals surface area contributed by atoms with Gasteiger partial charge < -0.3 is 10.4 Å². The van der Waals surface area contributed by atoms with Crippen LogP contribution in [0.2, 0.25) is 0 Å². The number of hydrogen-bond donors (Lipinski definition) is 2. The van der Waals surface area contributed by atoms with Crippen molar-refractivity contribution in [3.05, 3.63) is 29.8 Å². The molecule has 1 rings (SSSR count). The molecule has 0 radical (unpaired) electrons. The summed E-state index contributed by atoms with van der Waals surface area (Å²) in [5.41, 5.74) is 0.798. The zero-order valence-corrected chi connectivity index (χ0v) is 9.07. The third kappa shape index (κ3) is 4.81. The number of carboxylic acid groups (broad SMARTS) is 1. The topological polar surface area (TPSA) is 66.4 Å². The predicted octanol–water partition coefficient (Wildman–Crippen LogP) is 2.37. The van der Waals surface area contributed by atoms with Crippen LogP contribution in [0.1, 0.15) is 31.1 Å². The van der Waals surface area contributed by atoms with Gasteiger partial charge >= 0.3 is 5.97 Å². The lowest BCUT2D eigenvalue weighted by Gasteiger charge is -2.01. The SMILES string of the molecule is CC.CC(=O)Nc1ccc(C(=O)O)cc1. The Bertz CT molecular complexity index is 330. The number of amides is 1. The van der Waals surface area contributed by atoms with Gasteiger partial charge in [0, 0.05) is 12.6 Å². The van der Waals surface area contributed by atoms with Gasteiger partial charge in [-0.1, -0.05) is 13.8 Å². The number of anilines is 1. The minimum atomic E-state index is -0.977. The molecule has 0 atom stereocenters. The summed E-state index contributed by atoms with van der Waals surface area (Å²) < 4.78 is 0. The van der Waals surface area contributed by atoms with Crippen LogP contribution in [-0.4, -0.2) is 17.0 Å². The van der Waals surface area contributed by atoms with Crippen molar-refractivity contribution in [3.63, 3.8) is 0 Å². The summed E-state index contributed by atoms with van der Waals surface area (Å²) in [6, 6.07) is 5.97. The van der Waals surface area contributed by atoms with Crippen LogP contribution >= 0.6 is 0 Å². The number of carboxylic acids is 1. The Labute approximate surface area is 88.9 Å². The van der Waals surface area contributed by atoms with Crippen molar-refractivity contribution in [3.8, 4) is 0 Å². The molecule has 0 fully saturated rings. The summed E-state index contributed by atoms with van der Waals surface area (Å²) in [5.74, 6) is -1.16. The molecule has 2 N–H and O–H groups in total. The lowest BCUT2D eigenvalue weighted by molar-refractivity contribution is -0.114. The van der Waals surface area contributed by atoms with E-state index in [-0.39, 0.29) is 11.5 Å². The highest BCUT2D eigenvalue weighted by atomic mass is 16.4. The molecular weight excluding hydrogens is 194 g/mol. The molecule has 1 amide bonds. The largest absolute Gasteiger partial charge is 0.478 e. The second kappa shape index (κ2) is 6.59. The van der Waals surface area contributed by atoms with E-state index in [0.29, 0.717) is 5.69 Å². The molecule has 0 spiro atoms. The lowest BCUT2D eigenvalue weighted by Crippen LogP contribution is -2.05. The van der Waals surface area contributed by atoms with Gasteiger partial charge in [-0.25, -0.2) is 4.79 Å². The van der Waals surface area contributed by atoms with Gasteiger partial charge in [0.2, 0.25) is 5.91 Å². The van der Waals surface area contributed by atoms with Crippen LogP contribution in [-0.2, 0) is 4.79 Å². The molecule has 0 bridgehead atoms. The molecule has 1 aromatic carbocycles. The van der Waals surface area contributed by atoms with Crippen LogP contribution in [0, 0.1) is 0 Å². The fraction of sp³-hybridized carbons (Fsp3) is 0.273. The number of hydrogen-bond acceptors (Lipinski definition) is 2. The molecular formula is C11H15NO3. The normalized spacial score (nSPS) is 8.47. The van der Waals surface area contributed by atoms with Gasteiger partial charge in [-0.05, 0) is 24.3 Å². The molecule has 0 aliphatic rings. The van der Waals surface area contributed by atoms with Crippen molar-refractivity contribution in [1.29, 1.82) is 0 Å². The number of carbonyl (C=O) groups is 2. The summed E-state index contributed by atoms with van der Waals surface area (Å²) in [6.45, 7) is 5.39. The third-order valence-corrected chi connectivity index (χ3v) is 1.45. The monoisotopic (exact) mass is 209 g/mol. The second-order valence-corrected chi connectivity index (χ2v) is 2.56. The van der Waals surface area contributed by atoms with Crippen molar-refractivity contribution >= 4 is 17.6 Å². The van der Waals surface area contributed by atoms with Crippen LogP contribution in [0.25, 0.3) is 0 Å². The fourth-order valence-electron chi connectivity index (χ4n) is 0.899. The molecule has 82 valence electrons. The summed E-state index contributed by atoms with van der Waals surface area (Å²) in [6.07, 6.45) is 0. The van der Waals surface area contributed by atoms with Crippen LogP contribution in [0.15, 0.2) is 24.3 Å². The highest BCUT2D eigenvalue weighted by Gasteiger charge is 2.01. The summed E-state index contributed by atoms with van der Waals surface area (Å²) >= 11 is 0. The Morgan fingerprint density at radius 1 is 1.13 bits per heavy atom. The Hall–Kier alpha value is -1.84.